The standard InChI is InChI=1S/C12H13BrFNO/c13-11-7-10(14)4-3-8(11)6-9-2-1-5-15-12(9)16/h3-4,7,9H,1-2,5-6H2,(H,15,16). The molecule has 1 atom stereocenters. The van der Waals surface area contributed by atoms with Crippen LogP contribution in [0.4, 0.5) is 4.39 Å². The van der Waals surface area contributed by atoms with Crippen molar-refractivity contribution in [3.05, 3.63) is 34.1 Å². The molecular weight excluding hydrogens is 273 g/mol. The van der Waals surface area contributed by atoms with Gasteiger partial charge in [-0.25, -0.2) is 4.39 Å². The minimum absolute atomic E-state index is 0.0236. The fourth-order valence-corrected chi connectivity index (χ4v) is 2.50. The van der Waals surface area contributed by atoms with Crippen molar-refractivity contribution in [1.29, 1.82) is 0 Å². The normalized spacial score (nSPS) is 20.6. The number of piperidine rings is 1. The molecule has 1 unspecified atom stereocenters. The van der Waals surface area contributed by atoms with E-state index in [-0.39, 0.29) is 17.6 Å². The molecule has 1 fully saturated rings. The molecule has 1 N–H and O–H groups in total. The van der Waals surface area contributed by atoms with Crippen LogP contribution in [0.1, 0.15) is 18.4 Å². The predicted octanol–water partition coefficient (Wildman–Crippen LogP) is 2.66. The molecule has 1 aromatic carbocycles. The molecule has 1 aliphatic heterocycles. The third kappa shape index (κ3) is 2.61. The maximum absolute atomic E-state index is 12.9. The van der Waals surface area contributed by atoms with Crippen LogP contribution in [0.5, 0.6) is 0 Å². The van der Waals surface area contributed by atoms with Crippen molar-refractivity contribution in [2.24, 2.45) is 5.92 Å². The Balaban J connectivity index is 2.10. The topological polar surface area (TPSA) is 29.1 Å². The van der Waals surface area contributed by atoms with Crippen LogP contribution in [-0.4, -0.2) is 12.5 Å². The van der Waals surface area contributed by atoms with Gasteiger partial charge in [-0.2, -0.15) is 0 Å². The van der Waals surface area contributed by atoms with Gasteiger partial charge in [0.05, 0.1) is 0 Å². The first-order valence-electron chi connectivity index (χ1n) is 5.38. The average molecular weight is 286 g/mol. The zero-order chi connectivity index (χ0) is 11.5. The molecule has 16 heavy (non-hydrogen) atoms. The van der Waals surface area contributed by atoms with Gasteiger partial charge in [0, 0.05) is 16.9 Å². The lowest BCUT2D eigenvalue weighted by molar-refractivity contribution is -0.126. The van der Waals surface area contributed by atoms with Crippen LogP contribution < -0.4 is 5.32 Å². The summed E-state index contributed by atoms with van der Waals surface area (Å²) in [4.78, 5) is 11.6. The monoisotopic (exact) mass is 285 g/mol. The number of hydrogen-bond acceptors (Lipinski definition) is 1. The smallest absolute Gasteiger partial charge is 0.223 e. The number of rotatable bonds is 2. The number of hydrogen-bond donors (Lipinski definition) is 1. The van der Waals surface area contributed by atoms with Gasteiger partial charge in [-0.15, -0.1) is 0 Å². The summed E-state index contributed by atoms with van der Waals surface area (Å²) in [5.74, 6) is -0.123. The molecule has 0 saturated carbocycles. The van der Waals surface area contributed by atoms with Crippen LogP contribution in [0.15, 0.2) is 22.7 Å². The van der Waals surface area contributed by atoms with Crippen molar-refractivity contribution in [3.8, 4) is 0 Å². The minimum Gasteiger partial charge on any atom is -0.356 e. The third-order valence-corrected chi connectivity index (χ3v) is 3.62. The molecule has 0 spiro atoms. The summed E-state index contributed by atoms with van der Waals surface area (Å²) in [5.41, 5.74) is 0.989. The van der Waals surface area contributed by atoms with E-state index in [4.69, 9.17) is 0 Å². The van der Waals surface area contributed by atoms with Gasteiger partial charge >= 0.3 is 0 Å². The van der Waals surface area contributed by atoms with Gasteiger partial charge < -0.3 is 5.32 Å². The second kappa shape index (κ2) is 4.95. The minimum atomic E-state index is -0.260. The first-order valence-corrected chi connectivity index (χ1v) is 6.18. The van der Waals surface area contributed by atoms with E-state index < -0.39 is 0 Å². The Morgan fingerprint density at radius 2 is 2.31 bits per heavy atom. The molecule has 4 heteroatoms. The molecule has 1 aliphatic rings. The number of carbonyl (C=O) groups excluding carboxylic acids is 1. The largest absolute Gasteiger partial charge is 0.356 e. The van der Waals surface area contributed by atoms with Crippen molar-refractivity contribution in [3.63, 3.8) is 0 Å². The van der Waals surface area contributed by atoms with E-state index >= 15 is 0 Å². The molecule has 1 saturated heterocycles. The summed E-state index contributed by atoms with van der Waals surface area (Å²) in [6.07, 6.45) is 2.61. The Morgan fingerprint density at radius 3 is 3.00 bits per heavy atom. The number of halogens is 2. The van der Waals surface area contributed by atoms with E-state index in [1.54, 1.807) is 6.07 Å². The molecular formula is C12H13BrFNO. The molecule has 0 aromatic heterocycles. The summed E-state index contributed by atoms with van der Waals surface area (Å²) in [6.45, 7) is 0.778. The van der Waals surface area contributed by atoms with Crippen molar-refractivity contribution < 1.29 is 9.18 Å². The molecule has 86 valence electrons. The SMILES string of the molecule is O=C1NCCCC1Cc1ccc(F)cc1Br. The van der Waals surface area contributed by atoms with Gasteiger partial charge in [-0.1, -0.05) is 22.0 Å². The molecule has 1 amide bonds. The highest BCUT2D eigenvalue weighted by Gasteiger charge is 2.22. The molecule has 0 bridgehead atoms. The number of amides is 1. The van der Waals surface area contributed by atoms with Crippen molar-refractivity contribution in [1.82, 2.24) is 5.32 Å². The summed E-state index contributed by atoms with van der Waals surface area (Å²) >= 11 is 3.32. The van der Waals surface area contributed by atoms with Crippen molar-refractivity contribution >= 4 is 21.8 Å². The predicted molar refractivity (Wildman–Crippen MR) is 63.5 cm³/mol. The van der Waals surface area contributed by atoms with Crippen molar-refractivity contribution in [2.45, 2.75) is 19.3 Å². The maximum atomic E-state index is 12.9. The fourth-order valence-electron chi connectivity index (χ4n) is 1.98. The van der Waals surface area contributed by atoms with Crippen LogP contribution in [-0.2, 0) is 11.2 Å². The molecule has 0 aliphatic carbocycles. The lowest BCUT2D eigenvalue weighted by Gasteiger charge is -2.22. The van der Waals surface area contributed by atoms with Gasteiger partial charge in [0.1, 0.15) is 5.82 Å². The summed E-state index contributed by atoms with van der Waals surface area (Å²) in [7, 11) is 0. The second-order valence-corrected chi connectivity index (χ2v) is 4.92. The zero-order valence-electron chi connectivity index (χ0n) is 8.80. The highest BCUT2D eigenvalue weighted by atomic mass is 79.9. The van der Waals surface area contributed by atoms with E-state index in [9.17, 15) is 9.18 Å². The Kier molecular flexibility index (Phi) is 3.59. The van der Waals surface area contributed by atoms with Gasteiger partial charge in [0.25, 0.3) is 0 Å². The highest BCUT2D eigenvalue weighted by Crippen LogP contribution is 2.24. The van der Waals surface area contributed by atoms with E-state index in [0.717, 1.165) is 29.4 Å². The molecule has 2 rings (SSSR count). The van der Waals surface area contributed by atoms with E-state index in [0.29, 0.717) is 6.42 Å². The quantitative estimate of drug-likeness (QED) is 0.889. The molecule has 2 nitrogen and oxygen atoms in total. The third-order valence-electron chi connectivity index (χ3n) is 2.88. The summed E-state index contributed by atoms with van der Waals surface area (Å²) < 4.78 is 13.6. The van der Waals surface area contributed by atoms with Gasteiger partial charge in [-0.05, 0) is 37.0 Å². The zero-order valence-corrected chi connectivity index (χ0v) is 10.4. The first kappa shape index (κ1) is 11.6. The molecule has 1 aromatic rings. The summed E-state index contributed by atoms with van der Waals surface area (Å²) in [5, 5.41) is 2.85. The van der Waals surface area contributed by atoms with Gasteiger partial charge in [0.15, 0.2) is 0 Å². The molecule has 0 radical (unpaired) electrons. The van der Waals surface area contributed by atoms with Crippen LogP contribution in [0, 0.1) is 11.7 Å². The Morgan fingerprint density at radius 1 is 1.50 bits per heavy atom. The second-order valence-electron chi connectivity index (χ2n) is 4.07. The number of benzene rings is 1. The van der Waals surface area contributed by atoms with Crippen LogP contribution in [0.3, 0.4) is 0 Å². The number of nitrogens with one attached hydrogen (secondary N) is 1. The first-order chi connectivity index (χ1) is 7.66. The van der Waals surface area contributed by atoms with Gasteiger partial charge in [-0.3, -0.25) is 4.79 Å². The Bertz CT molecular complexity index is 408. The van der Waals surface area contributed by atoms with Crippen LogP contribution in [0.2, 0.25) is 0 Å². The average Bonchev–Trinajstić information content (AvgIpc) is 2.25. The maximum Gasteiger partial charge on any atom is 0.223 e. The lowest BCUT2D eigenvalue weighted by atomic mass is 9.91. The molecule has 1 heterocycles. The van der Waals surface area contributed by atoms with Crippen LogP contribution in [0.25, 0.3) is 0 Å². The highest BCUT2D eigenvalue weighted by molar-refractivity contribution is 9.10. The Hall–Kier alpha value is -0.900. The Labute approximate surface area is 102 Å². The summed E-state index contributed by atoms with van der Waals surface area (Å²) in [6, 6.07) is 4.61. The fraction of sp³-hybridized carbons (Fsp3) is 0.417. The van der Waals surface area contributed by atoms with Gasteiger partial charge in [0.2, 0.25) is 5.91 Å². The number of carbonyl (C=O) groups is 1. The van der Waals surface area contributed by atoms with Crippen molar-refractivity contribution in [2.75, 3.05) is 6.54 Å². The van der Waals surface area contributed by atoms with E-state index in [1.807, 2.05) is 0 Å². The lowest BCUT2D eigenvalue weighted by Crippen LogP contribution is -2.37. The van der Waals surface area contributed by atoms with Crippen LogP contribution >= 0.6 is 15.9 Å². The van der Waals surface area contributed by atoms with E-state index in [1.165, 1.54) is 12.1 Å². The van der Waals surface area contributed by atoms with E-state index in [2.05, 4.69) is 21.2 Å².